The highest BCUT2D eigenvalue weighted by Crippen LogP contribution is 2.34. The van der Waals surface area contributed by atoms with Gasteiger partial charge < -0.3 is 10.0 Å². The minimum absolute atomic E-state index is 0.405. The van der Waals surface area contributed by atoms with Gasteiger partial charge in [0.15, 0.2) is 0 Å². The van der Waals surface area contributed by atoms with Gasteiger partial charge in [0.05, 0.1) is 6.10 Å². The van der Waals surface area contributed by atoms with Gasteiger partial charge in [-0.1, -0.05) is 60.7 Å². The predicted octanol–water partition coefficient (Wildman–Crippen LogP) is 6.39. The maximum absolute atomic E-state index is 11.0. The molecule has 1 saturated heterocycles. The average molecular weight is 455 g/mol. The zero-order valence-electron chi connectivity index (χ0n) is 18.8. The molecular formula is C29H30N2OS. The molecule has 4 aromatic rings. The van der Waals surface area contributed by atoms with Gasteiger partial charge in [-0.25, -0.2) is 0 Å². The molecule has 0 saturated carbocycles. The van der Waals surface area contributed by atoms with Crippen LogP contribution in [0.1, 0.15) is 30.9 Å². The van der Waals surface area contributed by atoms with Crippen LogP contribution in [0, 0.1) is 0 Å². The summed E-state index contributed by atoms with van der Waals surface area (Å²) in [5, 5.41) is 17.0. The molecule has 4 heterocycles. The van der Waals surface area contributed by atoms with Gasteiger partial charge in [0.2, 0.25) is 0 Å². The number of hydrogen-bond acceptors (Lipinski definition) is 4. The van der Waals surface area contributed by atoms with Crippen LogP contribution in [0.2, 0.25) is 0 Å². The van der Waals surface area contributed by atoms with E-state index < -0.39 is 6.10 Å². The van der Waals surface area contributed by atoms with E-state index in [0.717, 1.165) is 44.5 Å². The lowest BCUT2D eigenvalue weighted by molar-refractivity contribution is 0.104. The van der Waals surface area contributed by atoms with Crippen molar-refractivity contribution in [2.24, 2.45) is 0 Å². The largest absolute Gasteiger partial charge is 0.388 e. The van der Waals surface area contributed by atoms with Crippen molar-refractivity contribution in [1.82, 2.24) is 4.90 Å². The highest BCUT2D eigenvalue weighted by atomic mass is 32.1. The maximum atomic E-state index is 11.0. The van der Waals surface area contributed by atoms with Crippen molar-refractivity contribution in [1.29, 1.82) is 0 Å². The summed E-state index contributed by atoms with van der Waals surface area (Å²) in [4.78, 5) is 5.25. The molecular weight excluding hydrogens is 424 g/mol. The molecule has 4 heteroatoms. The third-order valence-corrected chi connectivity index (χ3v) is 8.40. The van der Waals surface area contributed by atoms with E-state index in [1.807, 2.05) is 0 Å². The van der Waals surface area contributed by atoms with Crippen molar-refractivity contribution < 1.29 is 5.11 Å². The highest BCUT2D eigenvalue weighted by Gasteiger charge is 2.34. The first-order chi connectivity index (χ1) is 16.3. The Morgan fingerprint density at radius 3 is 2.58 bits per heavy atom. The lowest BCUT2D eigenvalue weighted by Gasteiger charge is -2.48. The predicted molar refractivity (Wildman–Crippen MR) is 140 cm³/mol. The fourth-order valence-electron chi connectivity index (χ4n) is 5.59. The Balaban J connectivity index is 1.19. The maximum Gasteiger partial charge on any atom is 0.0816 e. The van der Waals surface area contributed by atoms with E-state index in [1.54, 1.807) is 11.3 Å². The van der Waals surface area contributed by atoms with E-state index in [-0.39, 0.29) is 0 Å². The number of benzene rings is 3. The molecule has 33 heavy (non-hydrogen) atoms. The van der Waals surface area contributed by atoms with E-state index in [2.05, 4.69) is 94.1 Å². The first kappa shape index (κ1) is 20.9. The van der Waals surface area contributed by atoms with Crippen molar-refractivity contribution in [3.8, 4) is 0 Å². The van der Waals surface area contributed by atoms with Gasteiger partial charge in [-0.05, 0) is 64.6 Å². The van der Waals surface area contributed by atoms with Crippen LogP contribution in [0.5, 0.6) is 0 Å². The van der Waals surface area contributed by atoms with Gasteiger partial charge in [0.25, 0.3) is 0 Å². The number of hydrogen-bond donors (Lipinski definition) is 1. The molecule has 0 radical (unpaired) electrons. The number of aliphatic hydroxyl groups excluding tert-OH is 1. The molecule has 3 aromatic carbocycles. The Bertz CT molecular complexity index is 1300. The Morgan fingerprint density at radius 2 is 1.67 bits per heavy atom. The molecule has 0 amide bonds. The number of piperazine rings is 1. The highest BCUT2D eigenvalue weighted by molar-refractivity contribution is 7.17. The molecule has 1 unspecified atom stereocenters. The summed E-state index contributed by atoms with van der Waals surface area (Å²) in [5.41, 5.74) is 2.42. The van der Waals surface area contributed by atoms with Gasteiger partial charge in [-0.2, -0.15) is 0 Å². The van der Waals surface area contributed by atoms with Crippen LogP contribution >= 0.6 is 11.3 Å². The molecule has 7 rings (SSSR count). The quantitative estimate of drug-likeness (QED) is 0.354. The Labute approximate surface area is 199 Å². The van der Waals surface area contributed by atoms with Crippen LogP contribution in [-0.4, -0.2) is 41.7 Å². The van der Waals surface area contributed by atoms with Crippen LogP contribution < -0.4 is 4.90 Å². The number of anilines is 1. The summed E-state index contributed by atoms with van der Waals surface area (Å²) in [6.07, 6.45) is 7.27. The zero-order chi connectivity index (χ0) is 22.2. The number of rotatable bonds is 5. The molecule has 0 spiro atoms. The van der Waals surface area contributed by atoms with Gasteiger partial charge in [0.1, 0.15) is 0 Å². The molecule has 3 aliphatic rings. The minimum Gasteiger partial charge on any atom is -0.388 e. The van der Waals surface area contributed by atoms with E-state index in [0.29, 0.717) is 12.1 Å². The van der Waals surface area contributed by atoms with Gasteiger partial charge in [-0.15, -0.1) is 11.3 Å². The Hall–Kier alpha value is -2.66. The summed E-state index contributed by atoms with van der Waals surface area (Å²) in [5.74, 6) is 0. The lowest BCUT2D eigenvalue weighted by Crippen LogP contribution is -2.59. The van der Waals surface area contributed by atoms with E-state index in [4.69, 9.17) is 0 Å². The van der Waals surface area contributed by atoms with Crippen molar-refractivity contribution in [3.05, 3.63) is 89.8 Å². The zero-order valence-corrected chi connectivity index (χ0v) is 19.6. The summed E-state index contributed by atoms with van der Waals surface area (Å²) >= 11 is 1.73. The normalized spacial score (nSPS) is 22.0. The molecule has 1 aromatic heterocycles. The number of thiophene rings is 1. The molecule has 3 aliphatic heterocycles. The summed E-state index contributed by atoms with van der Waals surface area (Å²) in [7, 11) is 0. The van der Waals surface area contributed by atoms with Crippen LogP contribution in [0.25, 0.3) is 20.9 Å². The fraction of sp³-hybridized carbons (Fsp3) is 0.310. The molecule has 168 valence electrons. The first-order valence-corrected chi connectivity index (χ1v) is 12.9. The average Bonchev–Trinajstić information content (AvgIpc) is 3.27. The summed E-state index contributed by atoms with van der Waals surface area (Å²) in [6.45, 7) is 3.04. The number of fused-ring (bicyclic) bond motifs is 6. The SMILES string of the molecule is OC(CCN1C[C@@H]2CC=CC[C@H]1CN2c1ccc2ccccc2c1)c1csc2ccccc12. The summed E-state index contributed by atoms with van der Waals surface area (Å²) in [6, 6.07) is 24.9. The van der Waals surface area contributed by atoms with Crippen LogP contribution in [-0.2, 0) is 0 Å². The fourth-order valence-corrected chi connectivity index (χ4v) is 6.60. The summed E-state index contributed by atoms with van der Waals surface area (Å²) < 4.78 is 1.26. The second-order valence-corrected chi connectivity index (χ2v) is 10.3. The lowest BCUT2D eigenvalue weighted by atomic mass is 9.95. The second-order valence-electron chi connectivity index (χ2n) is 9.42. The van der Waals surface area contributed by atoms with Gasteiger partial charge >= 0.3 is 0 Å². The van der Waals surface area contributed by atoms with E-state index >= 15 is 0 Å². The van der Waals surface area contributed by atoms with Crippen molar-refractivity contribution in [2.45, 2.75) is 37.5 Å². The number of aliphatic hydroxyl groups is 1. The number of nitrogens with zero attached hydrogens (tertiary/aromatic N) is 2. The second kappa shape index (κ2) is 8.94. The van der Waals surface area contributed by atoms with Crippen LogP contribution in [0.3, 0.4) is 0 Å². The molecule has 0 aliphatic carbocycles. The topological polar surface area (TPSA) is 26.7 Å². The third-order valence-electron chi connectivity index (χ3n) is 7.42. The standard InChI is InChI=1S/C29H30N2OS/c32-28(27-20-33-29-12-6-5-11-26(27)29)15-16-30-18-25-10-4-3-9-24(30)19-31(25)23-14-13-21-7-1-2-8-22(21)17-23/h1-8,11-14,17,20,24-25,28,32H,9-10,15-16,18-19H2/t24-,25-,28?/m0/s1. The van der Waals surface area contributed by atoms with Crippen LogP contribution in [0.15, 0.2) is 84.3 Å². The first-order valence-electron chi connectivity index (χ1n) is 12.0. The van der Waals surface area contributed by atoms with Gasteiger partial charge in [0, 0.05) is 42.1 Å². The smallest absolute Gasteiger partial charge is 0.0816 e. The van der Waals surface area contributed by atoms with Crippen molar-refractivity contribution in [3.63, 3.8) is 0 Å². The molecule has 1 fully saturated rings. The van der Waals surface area contributed by atoms with Crippen LogP contribution in [0.4, 0.5) is 5.69 Å². The van der Waals surface area contributed by atoms with Crippen molar-refractivity contribution in [2.75, 3.05) is 24.5 Å². The molecule has 3 nitrogen and oxygen atoms in total. The molecule has 2 bridgehead atoms. The Morgan fingerprint density at radius 1 is 0.879 bits per heavy atom. The third kappa shape index (κ3) is 4.08. The van der Waals surface area contributed by atoms with Gasteiger partial charge in [-0.3, -0.25) is 4.90 Å². The molecule has 1 N–H and O–H groups in total. The Kier molecular flexibility index (Phi) is 5.67. The minimum atomic E-state index is -0.405. The van der Waals surface area contributed by atoms with E-state index in [1.165, 1.54) is 26.5 Å². The monoisotopic (exact) mass is 454 g/mol. The molecule has 3 atom stereocenters. The van der Waals surface area contributed by atoms with Crippen molar-refractivity contribution >= 4 is 37.9 Å². The van der Waals surface area contributed by atoms with E-state index in [9.17, 15) is 5.11 Å².